The van der Waals surface area contributed by atoms with Gasteiger partial charge < -0.3 is 15.0 Å². The van der Waals surface area contributed by atoms with Crippen molar-refractivity contribution in [2.45, 2.75) is 25.4 Å². The molecule has 6 heteroatoms. The molecule has 0 aliphatic heterocycles. The average molecular weight is 256 g/mol. The molecule has 0 bridgehead atoms. The molecule has 0 aromatic heterocycles. The van der Waals surface area contributed by atoms with Gasteiger partial charge in [0.2, 0.25) is 0 Å². The lowest BCUT2D eigenvalue weighted by molar-refractivity contribution is -0.137. The van der Waals surface area contributed by atoms with E-state index in [0.29, 0.717) is 13.2 Å². The Morgan fingerprint density at radius 3 is 2.41 bits per heavy atom. The maximum atomic E-state index is 11.9. The Morgan fingerprint density at radius 1 is 1.12 bits per heavy atom. The lowest BCUT2D eigenvalue weighted by atomic mass is 10.3. The number of alkyl halides is 3. The number of methoxy groups -OCH3 is 1. The Bertz CT molecular complexity index is 177. The molecule has 0 aromatic rings. The van der Waals surface area contributed by atoms with E-state index in [4.69, 9.17) is 4.74 Å². The normalized spacial score (nSPS) is 12.4. The Hall–Kier alpha value is -0.330. The van der Waals surface area contributed by atoms with Crippen molar-refractivity contribution in [1.82, 2.24) is 10.2 Å². The van der Waals surface area contributed by atoms with Gasteiger partial charge in [-0.1, -0.05) is 0 Å². The van der Waals surface area contributed by atoms with E-state index >= 15 is 0 Å². The number of rotatable bonds is 10. The molecule has 17 heavy (non-hydrogen) atoms. The van der Waals surface area contributed by atoms with Crippen LogP contribution in [-0.4, -0.2) is 58.0 Å². The van der Waals surface area contributed by atoms with Crippen molar-refractivity contribution in [3.05, 3.63) is 0 Å². The first-order valence-corrected chi connectivity index (χ1v) is 5.90. The van der Waals surface area contributed by atoms with Crippen molar-refractivity contribution in [3.63, 3.8) is 0 Å². The Labute approximate surface area is 101 Å². The van der Waals surface area contributed by atoms with Crippen LogP contribution in [0.25, 0.3) is 0 Å². The second-order valence-corrected chi connectivity index (χ2v) is 4.12. The zero-order valence-electron chi connectivity index (χ0n) is 10.6. The average Bonchev–Trinajstić information content (AvgIpc) is 2.24. The van der Waals surface area contributed by atoms with Crippen molar-refractivity contribution in [2.24, 2.45) is 0 Å². The van der Waals surface area contributed by atoms with E-state index in [9.17, 15) is 13.2 Å². The molecule has 0 fully saturated rings. The van der Waals surface area contributed by atoms with Gasteiger partial charge in [0.15, 0.2) is 0 Å². The minimum absolute atomic E-state index is 0.0839. The van der Waals surface area contributed by atoms with E-state index in [2.05, 4.69) is 5.32 Å². The zero-order valence-corrected chi connectivity index (χ0v) is 10.6. The van der Waals surface area contributed by atoms with Gasteiger partial charge in [0.1, 0.15) is 0 Å². The molecular weight excluding hydrogens is 233 g/mol. The smallest absolute Gasteiger partial charge is 0.383 e. The fraction of sp³-hybridized carbons (Fsp3) is 1.00. The van der Waals surface area contributed by atoms with Crippen molar-refractivity contribution in [2.75, 3.05) is 46.9 Å². The van der Waals surface area contributed by atoms with E-state index in [-0.39, 0.29) is 6.54 Å². The summed E-state index contributed by atoms with van der Waals surface area (Å²) in [5.74, 6) is 0. The van der Waals surface area contributed by atoms with E-state index < -0.39 is 12.6 Å². The fourth-order valence-corrected chi connectivity index (χ4v) is 1.36. The van der Waals surface area contributed by atoms with Crippen molar-refractivity contribution < 1.29 is 17.9 Å². The van der Waals surface area contributed by atoms with Crippen LogP contribution in [0, 0.1) is 0 Å². The molecule has 0 saturated carbocycles. The van der Waals surface area contributed by atoms with Gasteiger partial charge in [-0.05, 0) is 33.0 Å². The molecule has 104 valence electrons. The quantitative estimate of drug-likeness (QED) is 0.604. The first-order valence-electron chi connectivity index (χ1n) is 5.90. The first kappa shape index (κ1) is 16.7. The first-order chi connectivity index (χ1) is 7.95. The minimum Gasteiger partial charge on any atom is -0.383 e. The Balaban J connectivity index is 3.25. The van der Waals surface area contributed by atoms with E-state index in [1.54, 1.807) is 19.1 Å². The molecule has 0 aromatic carbocycles. The van der Waals surface area contributed by atoms with Gasteiger partial charge in [0, 0.05) is 20.2 Å². The number of ether oxygens (including phenoxy) is 1. The van der Waals surface area contributed by atoms with Crippen LogP contribution in [0.15, 0.2) is 0 Å². The van der Waals surface area contributed by atoms with Crippen LogP contribution in [0.1, 0.15) is 19.3 Å². The summed E-state index contributed by atoms with van der Waals surface area (Å²) in [5.41, 5.74) is 0. The second-order valence-electron chi connectivity index (χ2n) is 4.12. The largest absolute Gasteiger partial charge is 0.390 e. The number of hydrogen-bond donors (Lipinski definition) is 1. The van der Waals surface area contributed by atoms with Crippen LogP contribution in [0.4, 0.5) is 13.2 Å². The maximum absolute atomic E-state index is 11.9. The lowest BCUT2D eigenvalue weighted by Crippen LogP contribution is -2.26. The van der Waals surface area contributed by atoms with Gasteiger partial charge in [-0.3, -0.25) is 0 Å². The molecule has 0 amide bonds. The number of unbranched alkanes of at least 4 members (excludes halogenated alkanes) is 1. The summed E-state index contributed by atoms with van der Waals surface area (Å²) in [5, 5.41) is 3.19. The molecular formula is C11H23F3N2O. The molecule has 0 heterocycles. The monoisotopic (exact) mass is 256 g/mol. The number of nitrogens with zero attached hydrogens (tertiary/aromatic N) is 1. The highest BCUT2D eigenvalue weighted by molar-refractivity contribution is 4.58. The van der Waals surface area contributed by atoms with Crippen LogP contribution >= 0.6 is 0 Å². The molecule has 0 radical (unpaired) electrons. The van der Waals surface area contributed by atoms with Crippen molar-refractivity contribution in [3.8, 4) is 0 Å². The van der Waals surface area contributed by atoms with Crippen LogP contribution in [-0.2, 0) is 4.74 Å². The van der Waals surface area contributed by atoms with Gasteiger partial charge in [0.25, 0.3) is 0 Å². The molecule has 0 atom stereocenters. The SMILES string of the molecule is COCCNCCCCN(C)CCC(F)(F)F. The van der Waals surface area contributed by atoms with Crippen LogP contribution < -0.4 is 5.32 Å². The third-order valence-corrected chi connectivity index (χ3v) is 2.40. The summed E-state index contributed by atoms with van der Waals surface area (Å²) < 4.78 is 40.7. The predicted octanol–water partition coefficient (Wildman–Crippen LogP) is 1.89. The van der Waals surface area contributed by atoms with Crippen LogP contribution in [0.3, 0.4) is 0 Å². The maximum Gasteiger partial charge on any atom is 0.390 e. The minimum atomic E-state index is -4.05. The standard InChI is InChI=1S/C11H23F3N2O/c1-16(9-5-11(12,13)14)8-4-3-6-15-7-10-17-2/h15H,3-10H2,1-2H3. The van der Waals surface area contributed by atoms with Crippen molar-refractivity contribution >= 4 is 0 Å². The molecule has 3 nitrogen and oxygen atoms in total. The second kappa shape index (κ2) is 9.67. The number of halogens is 3. The molecule has 0 saturated heterocycles. The van der Waals surface area contributed by atoms with Gasteiger partial charge >= 0.3 is 6.18 Å². The molecule has 1 N–H and O–H groups in total. The van der Waals surface area contributed by atoms with Gasteiger partial charge in [-0.25, -0.2) is 0 Å². The molecule has 0 spiro atoms. The zero-order chi connectivity index (χ0) is 13.1. The molecule has 0 aliphatic carbocycles. The third-order valence-electron chi connectivity index (χ3n) is 2.40. The van der Waals surface area contributed by atoms with Gasteiger partial charge in [0.05, 0.1) is 13.0 Å². The molecule has 0 aliphatic rings. The van der Waals surface area contributed by atoms with Crippen molar-refractivity contribution in [1.29, 1.82) is 0 Å². The summed E-state index contributed by atoms with van der Waals surface area (Å²) >= 11 is 0. The molecule has 0 rings (SSSR count). The number of nitrogens with one attached hydrogen (secondary N) is 1. The Morgan fingerprint density at radius 2 is 1.82 bits per heavy atom. The van der Waals surface area contributed by atoms with Gasteiger partial charge in [-0.15, -0.1) is 0 Å². The van der Waals surface area contributed by atoms with Crippen LogP contribution in [0.2, 0.25) is 0 Å². The molecule has 0 unspecified atom stereocenters. The van der Waals surface area contributed by atoms with Gasteiger partial charge in [-0.2, -0.15) is 13.2 Å². The van der Waals surface area contributed by atoms with E-state index in [1.165, 1.54) is 0 Å². The fourth-order valence-electron chi connectivity index (χ4n) is 1.36. The topological polar surface area (TPSA) is 24.5 Å². The van der Waals surface area contributed by atoms with E-state index in [0.717, 1.165) is 25.9 Å². The predicted molar refractivity (Wildman–Crippen MR) is 62.1 cm³/mol. The van der Waals surface area contributed by atoms with Crippen LogP contribution in [0.5, 0.6) is 0 Å². The summed E-state index contributed by atoms with van der Waals surface area (Å²) in [6.07, 6.45) is -2.89. The summed E-state index contributed by atoms with van der Waals surface area (Å²) in [6.45, 7) is 3.19. The Kier molecular flexibility index (Phi) is 9.49. The highest BCUT2D eigenvalue weighted by Crippen LogP contribution is 2.19. The summed E-state index contributed by atoms with van der Waals surface area (Å²) in [4.78, 5) is 1.72. The third kappa shape index (κ3) is 13.6. The lowest BCUT2D eigenvalue weighted by Gasteiger charge is -2.17. The summed E-state index contributed by atoms with van der Waals surface area (Å²) in [7, 11) is 3.38. The summed E-state index contributed by atoms with van der Waals surface area (Å²) in [6, 6.07) is 0. The number of hydrogen-bond acceptors (Lipinski definition) is 3. The highest BCUT2D eigenvalue weighted by atomic mass is 19.4. The highest BCUT2D eigenvalue weighted by Gasteiger charge is 2.26. The van der Waals surface area contributed by atoms with E-state index in [1.807, 2.05) is 0 Å².